The van der Waals surface area contributed by atoms with Crippen LogP contribution >= 0.6 is 12.4 Å². The van der Waals surface area contributed by atoms with Gasteiger partial charge in [0.1, 0.15) is 18.7 Å². The maximum Gasteiger partial charge on any atom is 0.380 e. The van der Waals surface area contributed by atoms with Crippen LogP contribution in [0.2, 0.25) is 0 Å². The molecule has 0 saturated heterocycles. The Kier molecular flexibility index (Phi) is 8.70. The lowest BCUT2D eigenvalue weighted by Gasteiger charge is -2.13. The Morgan fingerprint density at radius 2 is 1.77 bits per heavy atom. The third-order valence-corrected chi connectivity index (χ3v) is 5.38. The quantitative estimate of drug-likeness (QED) is 0.282. The maximum absolute atomic E-state index is 11.3. The molecule has 0 aliphatic carbocycles. The van der Waals surface area contributed by atoms with Crippen LogP contribution in [-0.4, -0.2) is 64.0 Å². The van der Waals surface area contributed by atoms with Gasteiger partial charge in [-0.05, 0) is 24.3 Å². The van der Waals surface area contributed by atoms with Gasteiger partial charge in [-0.25, -0.2) is 9.97 Å². The molecule has 0 unspecified atom stereocenters. The van der Waals surface area contributed by atoms with Crippen LogP contribution in [0.25, 0.3) is 33.1 Å². The van der Waals surface area contributed by atoms with Crippen LogP contribution < -0.4 is 18.8 Å². The summed E-state index contributed by atoms with van der Waals surface area (Å²) in [7, 11) is -0.985. The van der Waals surface area contributed by atoms with Gasteiger partial charge in [-0.15, -0.1) is 12.4 Å². The molecule has 0 atom stereocenters. The van der Waals surface area contributed by atoms with E-state index in [1.54, 1.807) is 44.7 Å². The lowest BCUT2D eigenvalue weighted by atomic mass is 10.0. The van der Waals surface area contributed by atoms with E-state index in [-0.39, 0.29) is 18.2 Å². The van der Waals surface area contributed by atoms with Gasteiger partial charge in [0, 0.05) is 41.2 Å². The van der Waals surface area contributed by atoms with Gasteiger partial charge in [0.05, 0.1) is 38.1 Å². The number of nitrogens with one attached hydrogen (secondary N) is 1. The van der Waals surface area contributed by atoms with Crippen LogP contribution in [0, 0.1) is 0 Å². The fourth-order valence-electron chi connectivity index (χ4n) is 3.49. The second kappa shape index (κ2) is 11.5. The number of hydrogen-bond acceptors (Lipinski definition) is 9. The highest BCUT2D eigenvalue weighted by molar-refractivity contribution is 7.84. The van der Waals surface area contributed by atoms with Crippen LogP contribution in [0.1, 0.15) is 0 Å². The second-order valence-electron chi connectivity index (χ2n) is 7.18. The van der Waals surface area contributed by atoms with Crippen LogP contribution in [0.15, 0.2) is 42.9 Å². The summed E-state index contributed by atoms with van der Waals surface area (Å²) in [5.41, 5.74) is 2.76. The minimum absolute atomic E-state index is 0. The Hall–Kier alpha value is -3.16. The van der Waals surface area contributed by atoms with Gasteiger partial charge >= 0.3 is 10.3 Å². The third-order valence-electron chi connectivity index (χ3n) is 4.96. The van der Waals surface area contributed by atoms with E-state index in [2.05, 4.69) is 15.0 Å². The average Bonchev–Trinajstić information content (AvgIpc) is 3.22. The number of nitrogens with two attached hydrogens (primary N) is 1. The fourth-order valence-corrected chi connectivity index (χ4v) is 3.86. The summed E-state index contributed by atoms with van der Waals surface area (Å²) in [5, 5.41) is 6.43. The van der Waals surface area contributed by atoms with Crippen molar-refractivity contribution in [2.45, 2.75) is 0 Å². The molecule has 35 heavy (non-hydrogen) atoms. The Morgan fingerprint density at radius 3 is 2.51 bits per heavy atom. The van der Waals surface area contributed by atoms with E-state index in [1.165, 1.54) is 12.4 Å². The molecule has 0 amide bonds. The summed E-state index contributed by atoms with van der Waals surface area (Å²) >= 11 is 0. The number of methoxy groups -OCH3 is 2. The van der Waals surface area contributed by atoms with Crippen LogP contribution in [0.3, 0.4) is 0 Å². The zero-order chi connectivity index (χ0) is 24.1. The van der Waals surface area contributed by atoms with Crippen LogP contribution in [-0.2, 0) is 19.8 Å². The van der Waals surface area contributed by atoms with E-state index < -0.39 is 10.3 Å². The molecule has 0 spiro atoms. The number of hydrogen-bond donors (Lipinski definition) is 2. The molecular formula is C22H25ClN4O7S. The summed E-state index contributed by atoms with van der Waals surface area (Å²) in [6, 6.07) is 8.37. The second-order valence-corrected chi connectivity index (χ2v) is 8.33. The molecule has 2 aromatic carbocycles. The lowest BCUT2D eigenvalue weighted by Crippen LogP contribution is -2.18. The van der Waals surface area contributed by atoms with Crippen molar-refractivity contribution in [2.24, 2.45) is 5.14 Å². The van der Waals surface area contributed by atoms with Gasteiger partial charge in [-0.1, -0.05) is 0 Å². The highest BCUT2D eigenvalue weighted by Gasteiger charge is 2.16. The molecule has 0 aliphatic rings. The van der Waals surface area contributed by atoms with E-state index >= 15 is 0 Å². The SMILES string of the molecule is COCCOCCOc1cc2ncnc(-c3c[nH]c4ccc(OS(N)(=O)=O)cc34)c2cc1OC.Cl. The molecule has 2 aromatic heterocycles. The van der Waals surface area contributed by atoms with Gasteiger partial charge < -0.3 is 28.1 Å². The van der Waals surface area contributed by atoms with Crippen molar-refractivity contribution in [3.8, 4) is 28.5 Å². The zero-order valence-corrected chi connectivity index (χ0v) is 20.6. The van der Waals surface area contributed by atoms with Crippen molar-refractivity contribution in [2.75, 3.05) is 40.6 Å². The number of rotatable bonds is 11. The Morgan fingerprint density at radius 1 is 0.971 bits per heavy atom. The summed E-state index contributed by atoms with van der Waals surface area (Å²) < 4.78 is 49.2. The highest BCUT2D eigenvalue weighted by atomic mass is 35.5. The molecule has 13 heteroatoms. The molecule has 2 heterocycles. The number of nitrogens with zero attached hydrogens (tertiary/aromatic N) is 2. The zero-order valence-electron chi connectivity index (χ0n) is 19.0. The first-order chi connectivity index (χ1) is 16.4. The average molecular weight is 525 g/mol. The summed E-state index contributed by atoms with van der Waals surface area (Å²) in [5.74, 6) is 1.13. The van der Waals surface area contributed by atoms with Crippen LogP contribution in [0.4, 0.5) is 0 Å². The molecule has 188 valence electrons. The molecule has 4 rings (SSSR count). The number of aromatic nitrogens is 3. The molecule has 0 fully saturated rings. The molecule has 0 radical (unpaired) electrons. The maximum atomic E-state index is 11.3. The fraction of sp³-hybridized carbons (Fsp3) is 0.273. The Labute approximate surface area is 208 Å². The normalized spacial score (nSPS) is 11.4. The lowest BCUT2D eigenvalue weighted by molar-refractivity contribution is 0.0540. The first kappa shape index (κ1) is 26.4. The largest absolute Gasteiger partial charge is 0.493 e. The van der Waals surface area contributed by atoms with Crippen molar-refractivity contribution in [1.82, 2.24) is 15.0 Å². The van der Waals surface area contributed by atoms with Crippen molar-refractivity contribution >= 4 is 44.5 Å². The third kappa shape index (κ3) is 6.29. The van der Waals surface area contributed by atoms with Crippen molar-refractivity contribution in [1.29, 1.82) is 0 Å². The van der Waals surface area contributed by atoms with Crippen LogP contribution in [0.5, 0.6) is 17.2 Å². The minimum atomic E-state index is -4.15. The van der Waals surface area contributed by atoms with Crippen molar-refractivity contribution in [3.05, 3.63) is 42.9 Å². The van der Waals surface area contributed by atoms with Gasteiger partial charge in [0.25, 0.3) is 0 Å². The molecule has 0 saturated carbocycles. The van der Waals surface area contributed by atoms with E-state index in [0.717, 1.165) is 16.5 Å². The van der Waals surface area contributed by atoms with Gasteiger partial charge in [0.15, 0.2) is 11.5 Å². The van der Waals surface area contributed by atoms with Crippen molar-refractivity contribution < 1.29 is 31.5 Å². The number of aromatic amines is 1. The highest BCUT2D eigenvalue weighted by Crippen LogP contribution is 2.38. The first-order valence-electron chi connectivity index (χ1n) is 10.3. The van der Waals surface area contributed by atoms with E-state index in [9.17, 15) is 8.42 Å². The Balaban J connectivity index is 0.00000342. The molecule has 3 N–H and O–H groups in total. The summed E-state index contributed by atoms with van der Waals surface area (Å²) in [4.78, 5) is 12.0. The Bertz CT molecular complexity index is 1410. The van der Waals surface area contributed by atoms with Gasteiger partial charge in [-0.3, -0.25) is 0 Å². The number of benzene rings is 2. The number of H-pyrrole nitrogens is 1. The van der Waals surface area contributed by atoms with E-state index in [0.29, 0.717) is 54.5 Å². The van der Waals surface area contributed by atoms with Gasteiger partial charge in [0.2, 0.25) is 0 Å². The first-order valence-corrected chi connectivity index (χ1v) is 11.7. The number of fused-ring (bicyclic) bond motifs is 2. The van der Waals surface area contributed by atoms with Crippen molar-refractivity contribution in [3.63, 3.8) is 0 Å². The molecular weight excluding hydrogens is 500 g/mol. The summed E-state index contributed by atoms with van der Waals surface area (Å²) in [6.07, 6.45) is 3.23. The minimum Gasteiger partial charge on any atom is -0.493 e. The standard InChI is InChI=1S/C22H24N4O7S.ClH/c1-29-5-6-31-7-8-32-21-11-19-16(10-20(21)30-2)22(26-13-25-19)17-12-24-18-4-3-14(9-15(17)18)33-34(23,27)28;/h3-4,9-13,24H,5-8H2,1-2H3,(H2,23,27,28);1H. The molecule has 4 aromatic rings. The number of halogens is 1. The molecule has 0 aliphatic heterocycles. The topological polar surface area (TPSA) is 148 Å². The monoisotopic (exact) mass is 524 g/mol. The smallest absolute Gasteiger partial charge is 0.380 e. The summed E-state index contributed by atoms with van der Waals surface area (Å²) in [6.45, 7) is 1.74. The van der Waals surface area contributed by atoms with E-state index in [1.807, 2.05) is 0 Å². The van der Waals surface area contributed by atoms with Gasteiger partial charge in [-0.2, -0.15) is 13.6 Å². The predicted octanol–water partition coefficient (Wildman–Crippen LogP) is 2.83. The molecule has 11 nitrogen and oxygen atoms in total. The molecule has 0 bridgehead atoms. The van der Waals surface area contributed by atoms with E-state index in [4.69, 9.17) is 28.3 Å². The predicted molar refractivity (Wildman–Crippen MR) is 133 cm³/mol. The number of ether oxygens (including phenoxy) is 4.